The summed E-state index contributed by atoms with van der Waals surface area (Å²) in [6.07, 6.45) is 5.66. The van der Waals surface area contributed by atoms with Crippen molar-refractivity contribution in [2.45, 2.75) is 0 Å². The number of aromatic nitrogens is 2. The van der Waals surface area contributed by atoms with Gasteiger partial charge in [0.25, 0.3) is 0 Å². The van der Waals surface area contributed by atoms with Crippen LogP contribution in [0.4, 0.5) is 0 Å². The molecule has 0 aliphatic rings. The number of furan rings is 1. The molecule has 0 saturated heterocycles. The first-order chi connectivity index (χ1) is 7.31. The molecule has 0 atom stereocenters. The van der Waals surface area contributed by atoms with Gasteiger partial charge in [0.1, 0.15) is 6.26 Å². The number of ketones is 1. The number of nitrogens with zero attached hydrogens (tertiary/aromatic N) is 2. The second kappa shape index (κ2) is 3.91. The smallest absolute Gasteiger partial charge is 0.316 e. The fourth-order valence-corrected chi connectivity index (χ4v) is 1.10. The second-order valence-electron chi connectivity index (χ2n) is 2.80. The highest BCUT2D eigenvalue weighted by atomic mass is 16.5. The van der Waals surface area contributed by atoms with Gasteiger partial charge in [0, 0.05) is 12.4 Å². The monoisotopic (exact) mass is 204 g/mol. The Kier molecular flexibility index (Phi) is 2.45. The fourth-order valence-electron chi connectivity index (χ4n) is 1.10. The van der Waals surface area contributed by atoms with E-state index in [2.05, 4.69) is 9.97 Å². The maximum atomic E-state index is 11.7. The first kappa shape index (κ1) is 9.39. The van der Waals surface area contributed by atoms with Gasteiger partial charge in [-0.15, -0.1) is 0 Å². The number of carbonyl (C=O) groups is 1. The van der Waals surface area contributed by atoms with Crippen molar-refractivity contribution in [2.24, 2.45) is 0 Å². The van der Waals surface area contributed by atoms with Crippen LogP contribution in [0.1, 0.15) is 15.9 Å². The van der Waals surface area contributed by atoms with Crippen LogP contribution in [0.25, 0.3) is 0 Å². The average Bonchev–Trinajstić information content (AvgIpc) is 2.82. The van der Waals surface area contributed by atoms with Crippen molar-refractivity contribution in [3.8, 4) is 6.01 Å². The van der Waals surface area contributed by atoms with Gasteiger partial charge in [-0.1, -0.05) is 0 Å². The van der Waals surface area contributed by atoms with Crippen LogP contribution >= 0.6 is 0 Å². The van der Waals surface area contributed by atoms with Gasteiger partial charge in [-0.05, 0) is 6.07 Å². The molecule has 15 heavy (non-hydrogen) atoms. The summed E-state index contributed by atoms with van der Waals surface area (Å²) >= 11 is 0. The van der Waals surface area contributed by atoms with Gasteiger partial charge in [0.2, 0.25) is 0 Å². The van der Waals surface area contributed by atoms with E-state index in [9.17, 15) is 4.79 Å². The predicted molar refractivity (Wildman–Crippen MR) is 50.7 cm³/mol. The van der Waals surface area contributed by atoms with E-state index in [0.717, 1.165) is 0 Å². The third kappa shape index (κ3) is 1.85. The largest absolute Gasteiger partial charge is 0.472 e. The van der Waals surface area contributed by atoms with E-state index in [4.69, 9.17) is 9.15 Å². The van der Waals surface area contributed by atoms with Crippen molar-refractivity contribution in [1.29, 1.82) is 0 Å². The minimum atomic E-state index is -0.175. The minimum Gasteiger partial charge on any atom is -0.472 e. The zero-order valence-electron chi connectivity index (χ0n) is 8.01. The SMILES string of the molecule is COc1ncc(C(=O)c2ccoc2)cn1. The maximum absolute atomic E-state index is 11.7. The van der Waals surface area contributed by atoms with Gasteiger partial charge in [-0.25, -0.2) is 9.97 Å². The van der Waals surface area contributed by atoms with E-state index in [1.807, 2.05) is 0 Å². The van der Waals surface area contributed by atoms with Crippen LogP contribution in [0.2, 0.25) is 0 Å². The molecule has 0 radical (unpaired) electrons. The van der Waals surface area contributed by atoms with Crippen molar-refractivity contribution in [1.82, 2.24) is 9.97 Å². The standard InChI is InChI=1S/C10H8N2O3/c1-14-10-11-4-8(5-12-10)9(13)7-2-3-15-6-7/h2-6H,1H3. The Balaban J connectivity index is 2.27. The molecule has 0 aromatic carbocycles. The fraction of sp³-hybridized carbons (Fsp3) is 0.100. The molecule has 0 bridgehead atoms. The molecule has 0 amide bonds. The lowest BCUT2D eigenvalue weighted by Gasteiger charge is -1.98. The van der Waals surface area contributed by atoms with Crippen molar-refractivity contribution < 1.29 is 13.9 Å². The van der Waals surface area contributed by atoms with Crippen LogP contribution in [0.15, 0.2) is 35.4 Å². The van der Waals surface area contributed by atoms with Gasteiger partial charge in [-0.2, -0.15) is 0 Å². The number of hydrogen-bond donors (Lipinski definition) is 0. The summed E-state index contributed by atoms with van der Waals surface area (Å²) in [7, 11) is 1.47. The zero-order chi connectivity index (χ0) is 10.7. The summed E-state index contributed by atoms with van der Waals surface area (Å²) < 4.78 is 9.60. The van der Waals surface area contributed by atoms with Crippen LogP contribution in [-0.2, 0) is 0 Å². The van der Waals surface area contributed by atoms with Crippen LogP contribution in [0.5, 0.6) is 6.01 Å². The molecule has 2 heterocycles. The minimum absolute atomic E-state index is 0.175. The molecule has 2 rings (SSSR count). The van der Waals surface area contributed by atoms with E-state index in [-0.39, 0.29) is 11.8 Å². The molecule has 0 spiro atoms. The Morgan fingerprint density at radius 1 is 1.33 bits per heavy atom. The predicted octanol–water partition coefficient (Wildman–Crippen LogP) is 1.31. The summed E-state index contributed by atoms with van der Waals surface area (Å²) in [4.78, 5) is 19.4. The van der Waals surface area contributed by atoms with Crippen molar-refractivity contribution in [3.63, 3.8) is 0 Å². The van der Waals surface area contributed by atoms with Gasteiger partial charge in [0.05, 0.1) is 24.5 Å². The van der Waals surface area contributed by atoms with E-state index < -0.39 is 0 Å². The molecule has 0 fully saturated rings. The lowest BCUT2D eigenvalue weighted by atomic mass is 10.1. The molecule has 76 valence electrons. The van der Waals surface area contributed by atoms with Gasteiger partial charge >= 0.3 is 6.01 Å². The summed E-state index contributed by atoms with van der Waals surface area (Å²) in [6, 6.07) is 1.82. The molecule has 5 nitrogen and oxygen atoms in total. The quantitative estimate of drug-likeness (QED) is 0.705. The highest BCUT2D eigenvalue weighted by Crippen LogP contribution is 2.09. The summed E-state index contributed by atoms with van der Waals surface area (Å²) in [6.45, 7) is 0. The normalized spacial score (nSPS) is 9.93. The summed E-state index contributed by atoms with van der Waals surface area (Å²) in [5, 5.41) is 0. The Morgan fingerprint density at radius 3 is 2.60 bits per heavy atom. The van der Waals surface area contributed by atoms with Gasteiger partial charge < -0.3 is 9.15 Å². The Bertz CT molecular complexity index is 448. The highest BCUT2D eigenvalue weighted by Gasteiger charge is 2.11. The molecule has 0 unspecified atom stereocenters. The lowest BCUT2D eigenvalue weighted by Crippen LogP contribution is -2.02. The van der Waals surface area contributed by atoms with Crippen molar-refractivity contribution >= 4 is 5.78 Å². The lowest BCUT2D eigenvalue weighted by molar-refractivity contribution is 0.103. The molecule has 2 aromatic heterocycles. The Morgan fingerprint density at radius 2 is 2.07 bits per heavy atom. The van der Waals surface area contributed by atoms with Crippen LogP contribution < -0.4 is 4.74 Å². The Hall–Kier alpha value is -2.17. The van der Waals surface area contributed by atoms with E-state index in [1.54, 1.807) is 6.07 Å². The van der Waals surface area contributed by atoms with Gasteiger partial charge in [0.15, 0.2) is 5.78 Å². The highest BCUT2D eigenvalue weighted by molar-refractivity contribution is 6.08. The van der Waals surface area contributed by atoms with Crippen molar-refractivity contribution in [3.05, 3.63) is 42.1 Å². The van der Waals surface area contributed by atoms with Crippen LogP contribution in [-0.4, -0.2) is 22.9 Å². The summed E-state index contributed by atoms with van der Waals surface area (Å²) in [5.74, 6) is -0.175. The maximum Gasteiger partial charge on any atom is 0.316 e. The van der Waals surface area contributed by atoms with Crippen molar-refractivity contribution in [2.75, 3.05) is 7.11 Å². The Labute approximate surface area is 85.7 Å². The molecule has 0 aliphatic carbocycles. The van der Waals surface area contributed by atoms with Gasteiger partial charge in [-0.3, -0.25) is 4.79 Å². The molecular formula is C10H8N2O3. The summed E-state index contributed by atoms with van der Waals surface area (Å²) in [5.41, 5.74) is 0.876. The molecular weight excluding hydrogens is 196 g/mol. The zero-order valence-corrected chi connectivity index (χ0v) is 8.01. The third-order valence-corrected chi connectivity index (χ3v) is 1.86. The number of rotatable bonds is 3. The second-order valence-corrected chi connectivity index (χ2v) is 2.80. The van der Waals surface area contributed by atoms with E-state index in [0.29, 0.717) is 11.1 Å². The van der Waals surface area contributed by atoms with Crippen LogP contribution in [0.3, 0.4) is 0 Å². The molecule has 2 aromatic rings. The van der Waals surface area contributed by atoms with E-state index in [1.165, 1.54) is 32.0 Å². The number of hydrogen-bond acceptors (Lipinski definition) is 5. The third-order valence-electron chi connectivity index (χ3n) is 1.86. The number of carbonyl (C=O) groups excluding carboxylic acids is 1. The molecule has 5 heteroatoms. The number of methoxy groups -OCH3 is 1. The van der Waals surface area contributed by atoms with Crippen LogP contribution in [0, 0.1) is 0 Å². The van der Waals surface area contributed by atoms with E-state index >= 15 is 0 Å². The molecule has 0 aliphatic heterocycles. The first-order valence-electron chi connectivity index (χ1n) is 4.24. The average molecular weight is 204 g/mol. The number of ether oxygens (including phenoxy) is 1. The topological polar surface area (TPSA) is 65.2 Å². The first-order valence-corrected chi connectivity index (χ1v) is 4.24. The molecule has 0 saturated carbocycles. The molecule has 0 N–H and O–H groups in total.